The summed E-state index contributed by atoms with van der Waals surface area (Å²) in [6, 6.07) is 11.9. The number of halogens is 1. The number of hydrogen-bond acceptors (Lipinski definition) is 3. The molecule has 0 spiro atoms. The maximum absolute atomic E-state index is 12.3. The Morgan fingerprint density at radius 2 is 1.93 bits per heavy atom. The molecule has 2 aliphatic rings. The Labute approximate surface area is 175 Å². The number of carbonyl (C=O) groups excluding carboxylic acids is 1. The van der Waals surface area contributed by atoms with Gasteiger partial charge in [-0.25, -0.2) is 0 Å². The highest BCUT2D eigenvalue weighted by molar-refractivity contribution is 6.32. The number of carbonyl (C=O) groups is 1. The number of fused-ring (bicyclic) bond motifs is 2. The topological polar surface area (TPSA) is 57.4 Å². The summed E-state index contributed by atoms with van der Waals surface area (Å²) in [7, 11) is 0. The van der Waals surface area contributed by atoms with Crippen LogP contribution in [0.5, 0.6) is 5.75 Å². The Kier molecular flexibility index (Phi) is 4.94. The molecule has 150 valence electrons. The number of benzene rings is 2. The minimum Gasteiger partial charge on any atom is -0.492 e. The first-order chi connectivity index (χ1) is 14.2. The zero-order valence-electron chi connectivity index (χ0n) is 16.3. The molecular formula is C23H24ClN3O2. The summed E-state index contributed by atoms with van der Waals surface area (Å²) >= 11 is 6.28. The number of piperidine rings is 1. The van der Waals surface area contributed by atoms with Gasteiger partial charge in [0.2, 0.25) is 0 Å². The predicted octanol–water partition coefficient (Wildman–Crippen LogP) is 4.60. The molecule has 2 aliphatic heterocycles. The number of ether oxygens (including phenoxy) is 1. The molecule has 1 fully saturated rings. The fourth-order valence-electron chi connectivity index (χ4n) is 4.36. The number of amides is 1. The van der Waals surface area contributed by atoms with Crippen LogP contribution in [0.25, 0.3) is 22.2 Å². The van der Waals surface area contributed by atoms with E-state index in [2.05, 4.69) is 27.3 Å². The van der Waals surface area contributed by atoms with Crippen molar-refractivity contribution in [1.82, 2.24) is 15.2 Å². The van der Waals surface area contributed by atoms with Gasteiger partial charge in [-0.15, -0.1) is 0 Å². The van der Waals surface area contributed by atoms with Crippen molar-refractivity contribution in [3.63, 3.8) is 0 Å². The van der Waals surface area contributed by atoms with Gasteiger partial charge in [-0.1, -0.05) is 24.1 Å². The van der Waals surface area contributed by atoms with Crippen LogP contribution in [0.15, 0.2) is 36.4 Å². The molecule has 0 bridgehead atoms. The van der Waals surface area contributed by atoms with Crippen LogP contribution in [0.2, 0.25) is 5.02 Å². The molecule has 2 N–H and O–H groups in total. The number of nitrogens with zero attached hydrogens (tertiary/aromatic N) is 1. The van der Waals surface area contributed by atoms with E-state index in [0.29, 0.717) is 23.7 Å². The van der Waals surface area contributed by atoms with Crippen molar-refractivity contribution in [1.29, 1.82) is 0 Å². The third kappa shape index (κ3) is 3.61. The average molecular weight is 410 g/mol. The van der Waals surface area contributed by atoms with Crippen LogP contribution >= 0.6 is 11.6 Å². The number of H-pyrrole nitrogens is 1. The number of nitrogens with one attached hydrogen (secondary N) is 2. The zero-order valence-corrected chi connectivity index (χ0v) is 17.0. The molecule has 3 aromatic rings. The summed E-state index contributed by atoms with van der Waals surface area (Å²) in [6.07, 6.45) is 3.94. The summed E-state index contributed by atoms with van der Waals surface area (Å²) in [5.41, 5.74) is 4.35. The standard InChI is InChI=1S/C23H24ClN3O2/c24-19-6-5-17(22-18(19)14-25-23(22)28)21-13-15-12-16(4-7-20(15)26-21)29-11-10-27-8-2-1-3-9-27/h4-7,12-13,26H,1-3,8-11,14H2,(H,25,28). The predicted molar refractivity (Wildman–Crippen MR) is 116 cm³/mol. The van der Waals surface area contributed by atoms with Crippen LogP contribution in [0, 0.1) is 0 Å². The van der Waals surface area contributed by atoms with Crippen molar-refractivity contribution in [3.8, 4) is 17.0 Å². The van der Waals surface area contributed by atoms with Crippen molar-refractivity contribution < 1.29 is 9.53 Å². The molecule has 3 heterocycles. The quantitative estimate of drug-likeness (QED) is 0.647. The molecule has 0 saturated carbocycles. The fraction of sp³-hybridized carbons (Fsp3) is 0.348. The highest BCUT2D eigenvalue weighted by Crippen LogP contribution is 2.35. The Hall–Kier alpha value is -2.50. The van der Waals surface area contributed by atoms with Crippen molar-refractivity contribution in [2.45, 2.75) is 25.8 Å². The highest BCUT2D eigenvalue weighted by atomic mass is 35.5. The molecule has 5 nitrogen and oxygen atoms in total. The van der Waals surface area contributed by atoms with Gasteiger partial charge >= 0.3 is 0 Å². The van der Waals surface area contributed by atoms with E-state index in [-0.39, 0.29) is 5.91 Å². The molecular weight excluding hydrogens is 386 g/mol. The van der Waals surface area contributed by atoms with Crippen LogP contribution in [0.3, 0.4) is 0 Å². The molecule has 0 unspecified atom stereocenters. The number of hydrogen-bond donors (Lipinski definition) is 2. The van der Waals surface area contributed by atoms with Gasteiger partial charge in [0.1, 0.15) is 12.4 Å². The van der Waals surface area contributed by atoms with Gasteiger partial charge in [-0.05, 0) is 56.3 Å². The lowest BCUT2D eigenvalue weighted by molar-refractivity contribution is 0.0966. The lowest BCUT2D eigenvalue weighted by Gasteiger charge is -2.26. The van der Waals surface area contributed by atoms with Gasteiger partial charge in [0.05, 0.1) is 5.56 Å². The molecule has 0 atom stereocenters. The Bertz CT molecular complexity index is 1070. The molecule has 2 aromatic carbocycles. The van der Waals surface area contributed by atoms with E-state index in [1.807, 2.05) is 24.3 Å². The van der Waals surface area contributed by atoms with Gasteiger partial charge in [0.25, 0.3) is 5.91 Å². The molecule has 0 aliphatic carbocycles. The normalized spacial score (nSPS) is 16.8. The monoisotopic (exact) mass is 409 g/mol. The van der Waals surface area contributed by atoms with Crippen LogP contribution in [0.1, 0.15) is 35.2 Å². The minimum absolute atomic E-state index is 0.0714. The minimum atomic E-state index is -0.0714. The second-order valence-corrected chi connectivity index (χ2v) is 8.22. The third-order valence-corrected chi connectivity index (χ3v) is 6.27. The highest BCUT2D eigenvalue weighted by Gasteiger charge is 2.26. The lowest BCUT2D eigenvalue weighted by Crippen LogP contribution is -2.33. The molecule has 1 saturated heterocycles. The first-order valence-electron chi connectivity index (χ1n) is 10.3. The van der Waals surface area contributed by atoms with Crippen LogP contribution in [0.4, 0.5) is 0 Å². The van der Waals surface area contributed by atoms with Gasteiger partial charge in [0, 0.05) is 45.8 Å². The van der Waals surface area contributed by atoms with Gasteiger partial charge < -0.3 is 15.0 Å². The van der Waals surface area contributed by atoms with E-state index in [9.17, 15) is 4.79 Å². The fourth-order valence-corrected chi connectivity index (χ4v) is 4.58. The maximum Gasteiger partial charge on any atom is 0.252 e. The SMILES string of the molecule is O=C1NCc2c(Cl)ccc(-c3cc4cc(OCCN5CCCCC5)ccc4[nH]3)c21. The number of rotatable bonds is 5. The summed E-state index contributed by atoms with van der Waals surface area (Å²) in [5.74, 6) is 0.803. The van der Waals surface area contributed by atoms with E-state index in [1.165, 1.54) is 32.4 Å². The maximum atomic E-state index is 12.3. The largest absolute Gasteiger partial charge is 0.492 e. The van der Waals surface area contributed by atoms with Gasteiger partial charge in [-0.3, -0.25) is 9.69 Å². The average Bonchev–Trinajstić information content (AvgIpc) is 3.33. The molecule has 6 heteroatoms. The Balaban J connectivity index is 1.36. The summed E-state index contributed by atoms with van der Waals surface area (Å²) in [4.78, 5) is 18.2. The Morgan fingerprint density at radius 1 is 1.07 bits per heavy atom. The van der Waals surface area contributed by atoms with Crippen LogP contribution < -0.4 is 10.1 Å². The number of aromatic amines is 1. The van der Waals surface area contributed by atoms with Crippen molar-refractivity contribution in [2.24, 2.45) is 0 Å². The first kappa shape index (κ1) is 18.5. The third-order valence-electron chi connectivity index (χ3n) is 5.92. The zero-order chi connectivity index (χ0) is 19.8. The van der Waals surface area contributed by atoms with Gasteiger partial charge in [0.15, 0.2) is 0 Å². The molecule has 1 amide bonds. The molecule has 5 rings (SSSR count). The van der Waals surface area contributed by atoms with E-state index < -0.39 is 0 Å². The lowest BCUT2D eigenvalue weighted by atomic mass is 10.0. The Morgan fingerprint density at radius 3 is 2.79 bits per heavy atom. The summed E-state index contributed by atoms with van der Waals surface area (Å²) in [5, 5.41) is 4.56. The van der Waals surface area contributed by atoms with Crippen LogP contribution in [-0.2, 0) is 6.54 Å². The molecule has 29 heavy (non-hydrogen) atoms. The van der Waals surface area contributed by atoms with E-state index in [4.69, 9.17) is 16.3 Å². The number of likely N-dealkylation sites (tertiary alicyclic amines) is 1. The van der Waals surface area contributed by atoms with Crippen molar-refractivity contribution in [3.05, 3.63) is 52.5 Å². The van der Waals surface area contributed by atoms with E-state index in [1.54, 1.807) is 0 Å². The number of aromatic nitrogens is 1. The second-order valence-electron chi connectivity index (χ2n) is 7.81. The second kappa shape index (κ2) is 7.73. The van der Waals surface area contributed by atoms with Gasteiger partial charge in [-0.2, -0.15) is 0 Å². The van der Waals surface area contributed by atoms with E-state index >= 15 is 0 Å². The molecule has 0 radical (unpaired) electrons. The molecule has 1 aromatic heterocycles. The van der Waals surface area contributed by atoms with E-state index in [0.717, 1.165) is 40.0 Å². The summed E-state index contributed by atoms with van der Waals surface area (Å²) in [6.45, 7) is 4.53. The van der Waals surface area contributed by atoms with Crippen LogP contribution in [-0.4, -0.2) is 42.0 Å². The van der Waals surface area contributed by atoms with Crippen molar-refractivity contribution in [2.75, 3.05) is 26.2 Å². The summed E-state index contributed by atoms with van der Waals surface area (Å²) < 4.78 is 6.00. The first-order valence-corrected chi connectivity index (χ1v) is 10.6. The van der Waals surface area contributed by atoms with Crippen molar-refractivity contribution >= 4 is 28.4 Å². The smallest absolute Gasteiger partial charge is 0.252 e.